The number of aliphatic hydroxyl groups is 1. The SMILES string of the molecule is COC(=O)[C@@H](C)Cc1cccc(C(C)(CCC(F)(F)COc2ccn(C(C)=O)n2)c2cnc(-c3cc(Oc4c(F)cc5c(ccn5-c5ccccc5)c4CO)ccc3F)[nH]2)c1. The Bertz CT molecular complexity index is 2690. The summed E-state index contributed by atoms with van der Waals surface area (Å²) in [6.07, 6.45) is 4.04. The fraction of sp³-hybridized carbons (Fsp3) is 0.261. The van der Waals surface area contributed by atoms with Crippen molar-refractivity contribution in [1.29, 1.82) is 0 Å². The molecule has 7 rings (SSSR count). The molecule has 0 amide bonds. The lowest BCUT2D eigenvalue weighted by Gasteiger charge is -2.31. The number of carbonyl (C=O) groups is 2. The van der Waals surface area contributed by atoms with Crippen molar-refractivity contribution in [3.63, 3.8) is 0 Å². The summed E-state index contributed by atoms with van der Waals surface area (Å²) in [5.74, 6) is -6.33. The third-order valence-electron chi connectivity index (χ3n) is 10.8. The first-order chi connectivity index (χ1) is 29.2. The predicted octanol–water partition coefficient (Wildman–Crippen LogP) is 9.59. The number of aliphatic hydroxyl groups excluding tert-OH is 1. The topological polar surface area (TPSA) is 133 Å². The number of fused-ring (bicyclic) bond motifs is 1. The number of aromatic amines is 1. The lowest BCUT2D eigenvalue weighted by molar-refractivity contribution is -0.144. The molecule has 15 heteroatoms. The van der Waals surface area contributed by atoms with Crippen LogP contribution in [0.5, 0.6) is 17.4 Å². The summed E-state index contributed by atoms with van der Waals surface area (Å²) in [6.45, 7) is 3.21. The van der Waals surface area contributed by atoms with Gasteiger partial charge in [-0.1, -0.05) is 49.4 Å². The zero-order chi connectivity index (χ0) is 43.5. The Morgan fingerprint density at radius 2 is 1.72 bits per heavy atom. The highest BCUT2D eigenvalue weighted by molar-refractivity contribution is 5.87. The van der Waals surface area contributed by atoms with E-state index in [1.165, 1.54) is 50.7 Å². The first-order valence-electron chi connectivity index (χ1n) is 19.5. The zero-order valence-electron chi connectivity index (χ0n) is 33.8. The van der Waals surface area contributed by atoms with Crippen molar-refractivity contribution in [1.82, 2.24) is 24.3 Å². The quantitative estimate of drug-likeness (QED) is 0.0727. The number of para-hydroxylation sites is 1. The molecule has 0 aliphatic heterocycles. The average molecular weight is 838 g/mol. The lowest BCUT2D eigenvalue weighted by Crippen LogP contribution is -2.32. The van der Waals surface area contributed by atoms with E-state index in [9.17, 15) is 14.7 Å². The number of esters is 1. The maximum absolute atomic E-state index is 15.9. The standard InChI is InChI=1S/C46H43F4N5O6/c1-28(44(58)59-4)21-30-9-8-10-31(22-30)45(3,17-18-46(49,50)27-60-41-16-20-55(53-41)29(2)57)40-25-51-43(52-40)35-23-33(13-14-37(35)47)61-42-36(26-56)34-15-19-54(39(34)24-38(42)48)32-11-6-5-7-12-32/h5-16,19-20,22-25,28,56H,17-18,21,26-27H2,1-4H3,(H,51,52)/t28-,45?/m0/s1. The summed E-state index contributed by atoms with van der Waals surface area (Å²) in [5.41, 5.74) is 2.05. The summed E-state index contributed by atoms with van der Waals surface area (Å²) in [7, 11) is 1.31. The Hall–Kier alpha value is -6.74. The third-order valence-corrected chi connectivity index (χ3v) is 10.8. The maximum Gasteiger partial charge on any atom is 0.308 e. The number of hydrogen-bond acceptors (Lipinski definition) is 8. The number of benzene rings is 4. The van der Waals surface area contributed by atoms with Crippen LogP contribution in [0.1, 0.15) is 60.8 Å². The molecule has 0 aliphatic rings. The molecular weight excluding hydrogens is 795 g/mol. The molecule has 0 spiro atoms. The van der Waals surface area contributed by atoms with Gasteiger partial charge in [0.2, 0.25) is 11.8 Å². The number of carbonyl (C=O) groups excluding carboxylic acids is 2. The zero-order valence-corrected chi connectivity index (χ0v) is 33.8. The first-order valence-corrected chi connectivity index (χ1v) is 19.5. The number of hydrogen-bond donors (Lipinski definition) is 2. The highest BCUT2D eigenvalue weighted by Gasteiger charge is 2.38. The van der Waals surface area contributed by atoms with E-state index in [1.807, 2.05) is 42.5 Å². The van der Waals surface area contributed by atoms with Gasteiger partial charge in [-0.05, 0) is 67.3 Å². The molecule has 1 unspecified atom stereocenters. The van der Waals surface area contributed by atoms with Crippen molar-refractivity contribution < 1.29 is 46.5 Å². The maximum atomic E-state index is 15.9. The number of rotatable bonds is 16. The van der Waals surface area contributed by atoms with Crippen LogP contribution in [0.4, 0.5) is 17.6 Å². The third kappa shape index (κ3) is 9.06. The van der Waals surface area contributed by atoms with E-state index in [1.54, 1.807) is 42.8 Å². The molecule has 61 heavy (non-hydrogen) atoms. The van der Waals surface area contributed by atoms with Crippen LogP contribution in [0.3, 0.4) is 0 Å². The highest BCUT2D eigenvalue weighted by Crippen LogP contribution is 2.41. The van der Waals surface area contributed by atoms with E-state index in [4.69, 9.17) is 14.2 Å². The largest absolute Gasteiger partial charge is 0.470 e. The second-order valence-electron chi connectivity index (χ2n) is 15.1. The van der Waals surface area contributed by atoms with Crippen LogP contribution in [0.25, 0.3) is 28.0 Å². The minimum absolute atomic E-state index is 0.0438. The molecule has 3 heterocycles. The van der Waals surface area contributed by atoms with Gasteiger partial charge in [0.1, 0.15) is 17.4 Å². The van der Waals surface area contributed by atoms with Crippen molar-refractivity contribution in [2.24, 2.45) is 5.92 Å². The Morgan fingerprint density at radius 1 is 0.934 bits per heavy atom. The fourth-order valence-electron chi connectivity index (χ4n) is 7.34. The minimum atomic E-state index is -3.35. The molecule has 2 N–H and O–H groups in total. The molecule has 0 saturated carbocycles. The second kappa shape index (κ2) is 17.5. The van der Waals surface area contributed by atoms with Crippen LogP contribution in [0, 0.1) is 17.6 Å². The number of alkyl halides is 2. The monoisotopic (exact) mass is 837 g/mol. The van der Waals surface area contributed by atoms with E-state index >= 15 is 17.6 Å². The summed E-state index contributed by atoms with van der Waals surface area (Å²) in [5, 5.41) is 14.8. The molecule has 7 aromatic rings. The summed E-state index contributed by atoms with van der Waals surface area (Å²) < 4.78 is 81.7. The average Bonchev–Trinajstić information content (AvgIpc) is 4.04. The fourth-order valence-corrected chi connectivity index (χ4v) is 7.34. The molecule has 11 nitrogen and oxygen atoms in total. The summed E-state index contributed by atoms with van der Waals surface area (Å²) in [6, 6.07) is 24.7. The van der Waals surface area contributed by atoms with Crippen molar-refractivity contribution in [2.45, 2.75) is 58.0 Å². The van der Waals surface area contributed by atoms with Crippen molar-refractivity contribution in [3.8, 4) is 34.5 Å². The van der Waals surface area contributed by atoms with Gasteiger partial charge in [-0.2, -0.15) is 0 Å². The van der Waals surface area contributed by atoms with Crippen LogP contribution < -0.4 is 9.47 Å². The van der Waals surface area contributed by atoms with Crippen molar-refractivity contribution in [3.05, 3.63) is 144 Å². The molecule has 316 valence electrons. The van der Waals surface area contributed by atoms with Crippen LogP contribution in [-0.2, 0) is 28.0 Å². The Labute approximate surface area is 348 Å². The highest BCUT2D eigenvalue weighted by atomic mass is 19.3. The van der Waals surface area contributed by atoms with Crippen molar-refractivity contribution in [2.75, 3.05) is 13.7 Å². The number of nitrogens with zero attached hydrogens (tertiary/aromatic N) is 4. The molecule has 0 saturated heterocycles. The molecular formula is C46H43F4N5O6. The van der Waals surface area contributed by atoms with Gasteiger partial charge in [-0.15, -0.1) is 5.10 Å². The molecule has 0 aliphatic carbocycles. The number of aromatic nitrogens is 5. The number of methoxy groups -OCH3 is 1. The molecule has 0 bridgehead atoms. The van der Waals surface area contributed by atoms with Gasteiger partial charge in [-0.3, -0.25) is 9.59 Å². The first kappa shape index (κ1) is 42.4. The van der Waals surface area contributed by atoms with Gasteiger partial charge in [0, 0.05) is 71.8 Å². The van der Waals surface area contributed by atoms with E-state index in [2.05, 4.69) is 15.1 Å². The predicted molar refractivity (Wildman–Crippen MR) is 219 cm³/mol. The van der Waals surface area contributed by atoms with Gasteiger partial charge in [0.05, 0.1) is 30.7 Å². The summed E-state index contributed by atoms with van der Waals surface area (Å²) >= 11 is 0. The Kier molecular flexibility index (Phi) is 12.1. The van der Waals surface area contributed by atoms with Gasteiger partial charge in [0.25, 0.3) is 5.92 Å². The Morgan fingerprint density at radius 3 is 2.44 bits per heavy atom. The number of ether oxygens (including phenoxy) is 3. The second-order valence-corrected chi connectivity index (χ2v) is 15.1. The summed E-state index contributed by atoms with van der Waals surface area (Å²) in [4.78, 5) is 31.5. The minimum Gasteiger partial charge on any atom is -0.470 e. The van der Waals surface area contributed by atoms with Gasteiger partial charge in [0.15, 0.2) is 18.2 Å². The lowest BCUT2D eigenvalue weighted by atomic mass is 9.74. The van der Waals surface area contributed by atoms with E-state index < -0.39 is 60.4 Å². The number of halogens is 4. The van der Waals surface area contributed by atoms with E-state index in [0.717, 1.165) is 22.0 Å². The van der Waals surface area contributed by atoms with Crippen LogP contribution in [-0.4, -0.2) is 60.9 Å². The van der Waals surface area contributed by atoms with Crippen LogP contribution in [0.15, 0.2) is 110 Å². The normalized spacial score (nSPS) is 13.2. The van der Waals surface area contributed by atoms with E-state index in [-0.39, 0.29) is 40.8 Å². The molecule has 4 aromatic carbocycles. The molecule has 0 radical (unpaired) electrons. The van der Waals surface area contributed by atoms with E-state index in [0.29, 0.717) is 28.6 Å². The number of nitrogens with one attached hydrogen (secondary N) is 1. The molecule has 3 aromatic heterocycles. The Balaban J connectivity index is 1.19. The van der Waals surface area contributed by atoms with Crippen molar-refractivity contribution >= 4 is 22.8 Å². The molecule has 2 atom stereocenters. The van der Waals surface area contributed by atoms with Gasteiger partial charge < -0.3 is 28.9 Å². The smallest absolute Gasteiger partial charge is 0.308 e. The van der Waals surface area contributed by atoms with Crippen LogP contribution in [0.2, 0.25) is 0 Å². The van der Waals surface area contributed by atoms with Gasteiger partial charge in [-0.25, -0.2) is 27.2 Å². The van der Waals surface area contributed by atoms with Crippen LogP contribution >= 0.6 is 0 Å². The number of H-pyrrole nitrogens is 1. The molecule has 0 fully saturated rings. The van der Waals surface area contributed by atoms with Gasteiger partial charge >= 0.3 is 5.97 Å². The number of imidazole rings is 1.